The highest BCUT2D eigenvalue weighted by molar-refractivity contribution is 5.76. The maximum absolute atomic E-state index is 11.9. The molecular formula is C14H20N2O4. The number of phenols is 2. The van der Waals surface area contributed by atoms with Crippen LogP contribution in [0.5, 0.6) is 11.5 Å². The van der Waals surface area contributed by atoms with Crippen LogP contribution in [0, 0.1) is 0 Å². The van der Waals surface area contributed by atoms with Gasteiger partial charge in [0.1, 0.15) is 11.5 Å². The molecule has 0 saturated carbocycles. The lowest BCUT2D eigenvalue weighted by Gasteiger charge is -2.26. The van der Waals surface area contributed by atoms with Gasteiger partial charge in [-0.05, 0) is 6.07 Å². The van der Waals surface area contributed by atoms with Gasteiger partial charge < -0.3 is 25.2 Å². The molecule has 0 aliphatic carbocycles. The Morgan fingerprint density at radius 3 is 2.75 bits per heavy atom. The standard InChI is InChI=1S/C14H20N2O4/c17-12-2-1-11(13(18)9-12)10-15-4-3-14(19)16-5-7-20-8-6-16/h1-2,9,15,17-18H,3-8,10H2. The van der Waals surface area contributed by atoms with Crippen molar-refractivity contribution >= 4 is 5.91 Å². The molecule has 6 heteroatoms. The number of benzene rings is 1. The van der Waals surface area contributed by atoms with Crippen LogP contribution in [0.15, 0.2) is 18.2 Å². The highest BCUT2D eigenvalue weighted by Gasteiger charge is 2.15. The van der Waals surface area contributed by atoms with Crippen LogP contribution in [-0.2, 0) is 16.1 Å². The summed E-state index contributed by atoms with van der Waals surface area (Å²) >= 11 is 0. The predicted octanol–water partition coefficient (Wildman–Crippen LogP) is 0.436. The minimum atomic E-state index is 0.0359. The first kappa shape index (κ1) is 14.6. The number of carbonyl (C=O) groups excluding carboxylic acids is 1. The Kier molecular flexibility index (Phi) is 5.20. The molecule has 3 N–H and O–H groups in total. The molecule has 1 fully saturated rings. The highest BCUT2D eigenvalue weighted by atomic mass is 16.5. The SMILES string of the molecule is O=C(CCNCc1ccc(O)cc1O)N1CCOCC1. The number of ether oxygens (including phenoxy) is 1. The van der Waals surface area contributed by atoms with Crippen LogP contribution in [0.1, 0.15) is 12.0 Å². The fraction of sp³-hybridized carbons (Fsp3) is 0.500. The van der Waals surface area contributed by atoms with Gasteiger partial charge in [0, 0.05) is 44.2 Å². The molecular weight excluding hydrogens is 260 g/mol. The second kappa shape index (κ2) is 7.12. The van der Waals surface area contributed by atoms with Gasteiger partial charge in [0.25, 0.3) is 0 Å². The number of aromatic hydroxyl groups is 2. The summed E-state index contributed by atoms with van der Waals surface area (Å²) in [6, 6.07) is 4.48. The molecule has 0 atom stereocenters. The Labute approximate surface area is 118 Å². The first-order chi connectivity index (χ1) is 9.66. The average Bonchev–Trinajstić information content (AvgIpc) is 2.46. The normalized spacial score (nSPS) is 15.3. The van der Waals surface area contributed by atoms with Crippen LogP contribution < -0.4 is 5.32 Å². The van der Waals surface area contributed by atoms with E-state index in [2.05, 4.69) is 5.32 Å². The second-order valence-electron chi connectivity index (χ2n) is 4.73. The first-order valence-electron chi connectivity index (χ1n) is 6.74. The summed E-state index contributed by atoms with van der Waals surface area (Å²) in [6.45, 7) is 3.56. The van der Waals surface area contributed by atoms with Crippen molar-refractivity contribution in [2.24, 2.45) is 0 Å². The van der Waals surface area contributed by atoms with Crippen LogP contribution in [-0.4, -0.2) is 53.9 Å². The Bertz CT molecular complexity index is 458. The Morgan fingerprint density at radius 1 is 1.30 bits per heavy atom. The van der Waals surface area contributed by atoms with Crippen LogP contribution in [0.4, 0.5) is 0 Å². The summed E-state index contributed by atoms with van der Waals surface area (Å²) in [6.07, 6.45) is 0.429. The number of rotatable bonds is 5. The largest absolute Gasteiger partial charge is 0.508 e. The number of amides is 1. The lowest BCUT2D eigenvalue weighted by molar-refractivity contribution is -0.135. The lowest BCUT2D eigenvalue weighted by atomic mass is 10.2. The Balaban J connectivity index is 1.69. The third-order valence-electron chi connectivity index (χ3n) is 3.26. The van der Waals surface area contributed by atoms with Gasteiger partial charge in [-0.3, -0.25) is 4.79 Å². The van der Waals surface area contributed by atoms with Gasteiger partial charge in [-0.25, -0.2) is 0 Å². The van der Waals surface area contributed by atoms with Crippen molar-refractivity contribution in [2.45, 2.75) is 13.0 Å². The van der Waals surface area contributed by atoms with Crippen molar-refractivity contribution < 1.29 is 19.7 Å². The van der Waals surface area contributed by atoms with Crippen molar-refractivity contribution in [1.82, 2.24) is 10.2 Å². The maximum Gasteiger partial charge on any atom is 0.224 e. The van der Waals surface area contributed by atoms with Gasteiger partial charge in [-0.15, -0.1) is 0 Å². The summed E-state index contributed by atoms with van der Waals surface area (Å²) < 4.78 is 5.20. The minimum Gasteiger partial charge on any atom is -0.508 e. The van der Waals surface area contributed by atoms with E-state index in [1.54, 1.807) is 6.07 Å². The number of nitrogens with zero attached hydrogens (tertiary/aromatic N) is 1. The van der Waals surface area contributed by atoms with E-state index in [9.17, 15) is 15.0 Å². The van der Waals surface area contributed by atoms with E-state index in [1.807, 2.05) is 4.90 Å². The molecule has 1 aromatic rings. The minimum absolute atomic E-state index is 0.0359. The van der Waals surface area contributed by atoms with Gasteiger partial charge in [-0.2, -0.15) is 0 Å². The number of nitrogens with one attached hydrogen (secondary N) is 1. The predicted molar refractivity (Wildman–Crippen MR) is 73.5 cm³/mol. The van der Waals surface area contributed by atoms with E-state index in [1.165, 1.54) is 12.1 Å². The van der Waals surface area contributed by atoms with Crippen molar-refractivity contribution in [1.29, 1.82) is 0 Å². The van der Waals surface area contributed by atoms with Crippen molar-refractivity contribution in [2.75, 3.05) is 32.8 Å². The van der Waals surface area contributed by atoms with Crippen molar-refractivity contribution in [3.8, 4) is 11.5 Å². The molecule has 2 rings (SSSR count). The summed E-state index contributed by atoms with van der Waals surface area (Å²) in [7, 11) is 0. The molecule has 0 bridgehead atoms. The van der Waals surface area contributed by atoms with Gasteiger partial charge in [0.2, 0.25) is 5.91 Å². The van der Waals surface area contributed by atoms with Crippen LogP contribution in [0.25, 0.3) is 0 Å². The van der Waals surface area contributed by atoms with Gasteiger partial charge in [0.05, 0.1) is 13.2 Å². The van der Waals surface area contributed by atoms with E-state index in [0.29, 0.717) is 51.4 Å². The monoisotopic (exact) mass is 280 g/mol. The zero-order valence-corrected chi connectivity index (χ0v) is 11.3. The summed E-state index contributed by atoms with van der Waals surface area (Å²) in [5.74, 6) is 0.210. The molecule has 6 nitrogen and oxygen atoms in total. The molecule has 1 aliphatic heterocycles. The molecule has 20 heavy (non-hydrogen) atoms. The number of phenolic OH excluding ortho intramolecular Hbond substituents is 2. The lowest BCUT2D eigenvalue weighted by Crippen LogP contribution is -2.41. The summed E-state index contributed by atoms with van der Waals surface area (Å²) in [5.41, 5.74) is 0.696. The number of morpholine rings is 1. The van der Waals surface area contributed by atoms with E-state index in [-0.39, 0.29) is 17.4 Å². The van der Waals surface area contributed by atoms with E-state index < -0.39 is 0 Å². The summed E-state index contributed by atoms with van der Waals surface area (Å²) in [4.78, 5) is 13.7. The molecule has 0 spiro atoms. The van der Waals surface area contributed by atoms with Crippen LogP contribution in [0.3, 0.4) is 0 Å². The number of hydrogen-bond donors (Lipinski definition) is 3. The Hall–Kier alpha value is -1.79. The third kappa shape index (κ3) is 4.11. The van der Waals surface area contributed by atoms with E-state index in [0.717, 1.165) is 0 Å². The first-order valence-corrected chi connectivity index (χ1v) is 6.74. The topological polar surface area (TPSA) is 82.0 Å². The van der Waals surface area contributed by atoms with Gasteiger partial charge in [0.15, 0.2) is 0 Å². The van der Waals surface area contributed by atoms with Crippen molar-refractivity contribution in [3.63, 3.8) is 0 Å². The zero-order chi connectivity index (χ0) is 14.4. The fourth-order valence-electron chi connectivity index (χ4n) is 2.09. The maximum atomic E-state index is 11.9. The molecule has 1 saturated heterocycles. The number of hydrogen-bond acceptors (Lipinski definition) is 5. The Morgan fingerprint density at radius 2 is 2.05 bits per heavy atom. The molecule has 1 amide bonds. The quantitative estimate of drug-likeness (QED) is 0.682. The zero-order valence-electron chi connectivity index (χ0n) is 11.3. The van der Waals surface area contributed by atoms with Gasteiger partial charge in [-0.1, -0.05) is 6.07 Å². The molecule has 1 aromatic carbocycles. The van der Waals surface area contributed by atoms with E-state index >= 15 is 0 Å². The van der Waals surface area contributed by atoms with Crippen LogP contribution >= 0.6 is 0 Å². The van der Waals surface area contributed by atoms with E-state index in [4.69, 9.17) is 4.74 Å². The fourth-order valence-corrected chi connectivity index (χ4v) is 2.09. The molecule has 110 valence electrons. The molecule has 1 heterocycles. The highest BCUT2D eigenvalue weighted by Crippen LogP contribution is 2.22. The second-order valence-corrected chi connectivity index (χ2v) is 4.73. The molecule has 0 unspecified atom stereocenters. The van der Waals surface area contributed by atoms with Gasteiger partial charge >= 0.3 is 0 Å². The average molecular weight is 280 g/mol. The molecule has 0 aromatic heterocycles. The number of carbonyl (C=O) groups is 1. The third-order valence-corrected chi connectivity index (χ3v) is 3.26. The smallest absolute Gasteiger partial charge is 0.224 e. The summed E-state index contributed by atoms with van der Waals surface area (Å²) in [5, 5.41) is 21.9. The van der Waals surface area contributed by atoms with Crippen molar-refractivity contribution in [3.05, 3.63) is 23.8 Å². The molecule has 1 aliphatic rings. The van der Waals surface area contributed by atoms with Crippen LogP contribution in [0.2, 0.25) is 0 Å². The molecule has 0 radical (unpaired) electrons.